The Bertz CT molecular complexity index is 550. The van der Waals surface area contributed by atoms with Gasteiger partial charge in [0.25, 0.3) is 5.78 Å². The molecule has 0 aliphatic carbocycles. The molecule has 6 heteroatoms. The lowest BCUT2D eigenvalue weighted by molar-refractivity contribution is -0.114. The Morgan fingerprint density at radius 2 is 2.12 bits per heavy atom. The van der Waals surface area contributed by atoms with Crippen LogP contribution < -0.4 is 4.90 Å². The summed E-state index contributed by atoms with van der Waals surface area (Å²) in [5.41, 5.74) is -0.369. The van der Waals surface area contributed by atoms with E-state index >= 15 is 0 Å². The van der Waals surface area contributed by atoms with Crippen molar-refractivity contribution >= 4 is 29.0 Å². The van der Waals surface area contributed by atoms with Gasteiger partial charge in [0.1, 0.15) is 12.4 Å². The summed E-state index contributed by atoms with van der Waals surface area (Å²) in [4.78, 5) is 23.8. The predicted molar refractivity (Wildman–Crippen MR) is 53.7 cm³/mol. The molecule has 0 saturated carbocycles. The molecular weight excluding hydrogens is 235 g/mol. The number of anilines is 1. The maximum Gasteiger partial charge on any atom is 0.300 e. The van der Waals surface area contributed by atoms with Crippen molar-refractivity contribution in [3.8, 4) is 6.07 Å². The second-order valence-electron chi connectivity index (χ2n) is 3.13. The molecule has 80 valence electrons. The van der Waals surface area contributed by atoms with Gasteiger partial charge in [0, 0.05) is 0 Å². The summed E-state index contributed by atoms with van der Waals surface area (Å²) in [6.45, 7) is -0.380. The minimum absolute atomic E-state index is 0.00943. The Morgan fingerprint density at radius 3 is 2.75 bits per heavy atom. The zero-order valence-corrected chi connectivity index (χ0v) is 8.58. The van der Waals surface area contributed by atoms with Crippen LogP contribution in [0.25, 0.3) is 0 Å². The van der Waals surface area contributed by atoms with E-state index in [9.17, 15) is 14.0 Å². The molecular formula is C10H4ClFN2O2. The molecule has 1 heterocycles. The number of carbonyl (C=O) groups excluding carboxylic acids is 2. The average molecular weight is 239 g/mol. The van der Waals surface area contributed by atoms with Crippen LogP contribution >= 0.6 is 11.6 Å². The third-order valence-corrected chi connectivity index (χ3v) is 2.56. The van der Waals surface area contributed by atoms with Gasteiger partial charge in [-0.3, -0.25) is 14.5 Å². The average Bonchev–Trinajstić information content (AvgIpc) is 2.50. The Kier molecular flexibility index (Phi) is 2.37. The van der Waals surface area contributed by atoms with Gasteiger partial charge in [-0.1, -0.05) is 11.6 Å². The van der Waals surface area contributed by atoms with Crippen molar-refractivity contribution in [3.63, 3.8) is 0 Å². The standard InChI is InChI=1S/C10H4ClFN2O2/c11-5-1-2-6(12)8-7(5)9(15)10(16)14(8)4-3-13/h1-2H,4H2. The number of ketones is 1. The highest BCUT2D eigenvalue weighted by Crippen LogP contribution is 2.36. The monoisotopic (exact) mass is 238 g/mol. The van der Waals surface area contributed by atoms with Crippen molar-refractivity contribution in [2.45, 2.75) is 0 Å². The molecule has 0 atom stereocenters. The lowest BCUT2D eigenvalue weighted by atomic mass is 10.1. The third-order valence-electron chi connectivity index (χ3n) is 2.24. The predicted octanol–water partition coefficient (Wildman–Crippen LogP) is 1.53. The normalized spacial score (nSPS) is 13.9. The van der Waals surface area contributed by atoms with Crippen LogP contribution in [0.3, 0.4) is 0 Å². The van der Waals surface area contributed by atoms with Crippen molar-refractivity contribution in [2.75, 3.05) is 11.4 Å². The van der Waals surface area contributed by atoms with Gasteiger partial charge in [0.15, 0.2) is 0 Å². The Balaban J connectivity index is 2.70. The molecule has 0 radical (unpaired) electrons. The number of amides is 1. The highest BCUT2D eigenvalue weighted by atomic mass is 35.5. The number of hydrogen-bond donors (Lipinski definition) is 0. The van der Waals surface area contributed by atoms with Gasteiger partial charge in [-0.05, 0) is 12.1 Å². The number of nitrogens with zero attached hydrogens (tertiary/aromatic N) is 2. The Morgan fingerprint density at radius 1 is 1.44 bits per heavy atom. The molecule has 0 bridgehead atoms. The minimum atomic E-state index is -0.927. The fraction of sp³-hybridized carbons (Fsp3) is 0.100. The van der Waals surface area contributed by atoms with Crippen LogP contribution in [0.5, 0.6) is 0 Å². The second-order valence-corrected chi connectivity index (χ2v) is 3.54. The number of hydrogen-bond acceptors (Lipinski definition) is 3. The summed E-state index contributed by atoms with van der Waals surface area (Å²) in [7, 11) is 0. The van der Waals surface area contributed by atoms with E-state index in [2.05, 4.69) is 0 Å². The third kappa shape index (κ3) is 1.27. The number of carbonyl (C=O) groups is 2. The summed E-state index contributed by atoms with van der Waals surface area (Å²) < 4.78 is 13.5. The van der Waals surface area contributed by atoms with Gasteiger partial charge >= 0.3 is 5.91 Å². The highest BCUT2D eigenvalue weighted by molar-refractivity contribution is 6.55. The van der Waals surface area contributed by atoms with E-state index in [4.69, 9.17) is 16.9 Å². The molecule has 0 saturated heterocycles. The van der Waals surface area contributed by atoms with E-state index in [-0.39, 0.29) is 22.8 Å². The Labute approximate surface area is 94.8 Å². The highest BCUT2D eigenvalue weighted by Gasteiger charge is 2.39. The summed E-state index contributed by atoms with van der Waals surface area (Å²) in [6.07, 6.45) is 0. The number of Topliss-reactive ketones (excluding diaryl/α,β-unsaturated/α-hetero) is 1. The molecule has 1 aromatic rings. The fourth-order valence-corrected chi connectivity index (χ4v) is 1.81. The molecule has 0 fully saturated rings. The molecule has 0 unspecified atom stereocenters. The van der Waals surface area contributed by atoms with Gasteiger partial charge in [0.2, 0.25) is 0 Å². The largest absolute Gasteiger partial charge is 0.300 e. The van der Waals surface area contributed by atoms with E-state index in [1.807, 2.05) is 0 Å². The number of benzene rings is 1. The topological polar surface area (TPSA) is 61.2 Å². The smallest absolute Gasteiger partial charge is 0.288 e. The van der Waals surface area contributed by atoms with Crippen LogP contribution in [-0.2, 0) is 4.79 Å². The minimum Gasteiger partial charge on any atom is -0.288 e. The summed E-state index contributed by atoms with van der Waals surface area (Å²) in [5, 5.41) is 8.52. The van der Waals surface area contributed by atoms with Gasteiger partial charge in [-0.25, -0.2) is 4.39 Å². The molecule has 1 aliphatic heterocycles. The zero-order valence-electron chi connectivity index (χ0n) is 7.83. The van der Waals surface area contributed by atoms with E-state index in [0.29, 0.717) is 0 Å². The van der Waals surface area contributed by atoms with Gasteiger partial charge < -0.3 is 0 Å². The van der Waals surface area contributed by atoms with Crippen molar-refractivity contribution < 1.29 is 14.0 Å². The molecule has 4 nitrogen and oxygen atoms in total. The molecule has 1 aromatic carbocycles. The summed E-state index contributed by atoms with van der Waals surface area (Å²) >= 11 is 5.72. The van der Waals surface area contributed by atoms with Crippen LogP contribution in [0, 0.1) is 17.1 Å². The Hall–Kier alpha value is -1.93. The van der Waals surface area contributed by atoms with Crippen LogP contribution in [0.2, 0.25) is 5.02 Å². The fourth-order valence-electron chi connectivity index (χ4n) is 1.57. The first kappa shape index (κ1) is 10.6. The van der Waals surface area contributed by atoms with Crippen molar-refractivity contribution in [3.05, 3.63) is 28.5 Å². The molecule has 1 aliphatic rings. The first-order chi connectivity index (χ1) is 7.57. The second kappa shape index (κ2) is 3.58. The first-order valence-electron chi connectivity index (χ1n) is 4.29. The van der Waals surface area contributed by atoms with Gasteiger partial charge in [-0.15, -0.1) is 0 Å². The number of fused-ring (bicyclic) bond motifs is 1. The number of nitriles is 1. The van der Waals surface area contributed by atoms with E-state index in [0.717, 1.165) is 11.0 Å². The van der Waals surface area contributed by atoms with Crippen LogP contribution in [0.4, 0.5) is 10.1 Å². The van der Waals surface area contributed by atoms with E-state index in [1.165, 1.54) is 6.07 Å². The number of halogens is 2. The van der Waals surface area contributed by atoms with Crippen molar-refractivity contribution in [1.29, 1.82) is 5.26 Å². The zero-order chi connectivity index (χ0) is 11.9. The van der Waals surface area contributed by atoms with Gasteiger partial charge in [0.05, 0.1) is 22.3 Å². The lowest BCUT2D eigenvalue weighted by Gasteiger charge is -2.12. The SMILES string of the molecule is N#CCN1C(=O)C(=O)c2c(Cl)ccc(F)c21. The van der Waals surface area contributed by atoms with Crippen LogP contribution in [-0.4, -0.2) is 18.2 Å². The van der Waals surface area contributed by atoms with E-state index < -0.39 is 17.5 Å². The van der Waals surface area contributed by atoms with Crippen LogP contribution in [0.15, 0.2) is 12.1 Å². The quantitative estimate of drug-likeness (QED) is 0.551. The molecule has 2 rings (SSSR count). The van der Waals surface area contributed by atoms with Gasteiger partial charge in [-0.2, -0.15) is 5.26 Å². The van der Waals surface area contributed by atoms with Crippen molar-refractivity contribution in [2.24, 2.45) is 0 Å². The lowest BCUT2D eigenvalue weighted by Crippen LogP contribution is -2.30. The van der Waals surface area contributed by atoms with E-state index in [1.54, 1.807) is 6.07 Å². The maximum atomic E-state index is 13.5. The van der Waals surface area contributed by atoms with Crippen LogP contribution in [0.1, 0.15) is 10.4 Å². The number of rotatable bonds is 1. The summed E-state index contributed by atoms with van der Waals surface area (Å²) in [6, 6.07) is 3.95. The maximum absolute atomic E-state index is 13.5. The molecule has 0 spiro atoms. The first-order valence-corrected chi connectivity index (χ1v) is 4.67. The van der Waals surface area contributed by atoms with Crippen molar-refractivity contribution in [1.82, 2.24) is 0 Å². The molecule has 0 aromatic heterocycles. The summed E-state index contributed by atoms with van der Waals surface area (Å²) in [5.74, 6) is -2.55. The molecule has 0 N–H and O–H groups in total. The molecule has 1 amide bonds. The molecule has 16 heavy (non-hydrogen) atoms.